The molecule has 0 aromatic carbocycles. The first-order chi connectivity index (χ1) is 6.49. The van der Waals surface area contributed by atoms with Crippen LogP contribution in [-0.2, 0) is 14.3 Å². The van der Waals surface area contributed by atoms with Crippen LogP contribution in [0.1, 0.15) is 6.92 Å². The number of carboxylic acid groups (broad SMARTS) is 1. The van der Waals surface area contributed by atoms with Crippen LogP contribution in [0, 0.1) is 0 Å². The molecule has 0 amide bonds. The molecule has 1 aliphatic rings. The average Bonchev–Trinajstić information content (AvgIpc) is 2.13. The van der Waals surface area contributed by atoms with Crippen molar-refractivity contribution < 1.29 is 59.1 Å². The van der Waals surface area contributed by atoms with E-state index in [0.29, 0.717) is 0 Å². The van der Waals surface area contributed by atoms with Crippen molar-refractivity contribution in [1.29, 1.82) is 0 Å². The molecule has 0 spiro atoms. The first-order valence-electron chi connectivity index (χ1n) is 4.24. The summed E-state index contributed by atoms with van der Waals surface area (Å²) in [6, 6.07) is 0. The summed E-state index contributed by atoms with van der Waals surface area (Å²) < 4.78 is 9.68. The number of aliphatic hydroxyl groups is 2. The zero-order valence-corrected chi connectivity index (χ0v) is 10.9. The number of carbonyl (C=O) groups is 1. The molecule has 1 rings (SSSR count). The average molecular weight is 228 g/mol. The van der Waals surface area contributed by atoms with Crippen molar-refractivity contribution in [2.75, 3.05) is 7.11 Å². The Morgan fingerprint density at radius 1 is 1.40 bits per heavy atom. The minimum atomic E-state index is -1.46. The van der Waals surface area contributed by atoms with Gasteiger partial charge in [-0.3, -0.25) is 0 Å². The smallest absolute Gasteiger partial charge is 0.547 e. The Labute approximate surface area is 109 Å². The summed E-state index contributed by atoms with van der Waals surface area (Å²) in [4.78, 5) is 10.6. The van der Waals surface area contributed by atoms with Crippen LogP contribution in [0.2, 0.25) is 0 Å². The van der Waals surface area contributed by atoms with Crippen LogP contribution in [0.3, 0.4) is 0 Å². The summed E-state index contributed by atoms with van der Waals surface area (Å²) in [5.74, 6) is -1.46. The fraction of sp³-hybridized carbons (Fsp3) is 0.875. The predicted molar refractivity (Wildman–Crippen MR) is 42.2 cm³/mol. The molecule has 0 bridgehead atoms. The molecule has 6 nitrogen and oxygen atoms in total. The van der Waals surface area contributed by atoms with Gasteiger partial charge in [-0.15, -0.1) is 0 Å². The van der Waals surface area contributed by atoms with Gasteiger partial charge < -0.3 is 29.6 Å². The van der Waals surface area contributed by atoms with Gasteiger partial charge in [-0.2, -0.15) is 0 Å². The second kappa shape index (κ2) is 6.15. The molecular formula is C8H13NaO6. The molecule has 1 aliphatic heterocycles. The first kappa shape index (κ1) is 15.3. The van der Waals surface area contributed by atoms with Crippen molar-refractivity contribution in [3.8, 4) is 0 Å². The maximum atomic E-state index is 10.6. The maximum Gasteiger partial charge on any atom is 1.00 e. The van der Waals surface area contributed by atoms with Crippen molar-refractivity contribution in [3.63, 3.8) is 0 Å². The Hall–Kier alpha value is 0.310. The fourth-order valence-electron chi connectivity index (χ4n) is 1.49. The molecule has 2 unspecified atom stereocenters. The van der Waals surface area contributed by atoms with Gasteiger partial charge in [0.15, 0.2) is 0 Å². The number of carboxylic acids is 1. The zero-order valence-electron chi connectivity index (χ0n) is 8.91. The molecule has 0 aliphatic carbocycles. The monoisotopic (exact) mass is 228 g/mol. The van der Waals surface area contributed by atoms with E-state index in [1.54, 1.807) is 0 Å². The Morgan fingerprint density at radius 2 is 1.93 bits per heavy atom. The van der Waals surface area contributed by atoms with E-state index in [1.165, 1.54) is 14.0 Å². The van der Waals surface area contributed by atoms with Crippen LogP contribution in [0.5, 0.6) is 0 Å². The third kappa shape index (κ3) is 3.13. The second-order valence-electron chi connectivity index (χ2n) is 3.26. The third-order valence-corrected chi connectivity index (χ3v) is 2.33. The molecule has 2 N–H and O–H groups in total. The van der Waals surface area contributed by atoms with E-state index in [4.69, 9.17) is 9.47 Å². The van der Waals surface area contributed by atoms with Crippen molar-refractivity contribution in [2.45, 2.75) is 37.4 Å². The molecular weight excluding hydrogens is 215 g/mol. The maximum absolute atomic E-state index is 10.6. The Morgan fingerprint density at radius 3 is 2.33 bits per heavy atom. The standard InChI is InChI=1S/C8H14O6.Na/c1-3-4(9)5(10)6(13-2)7(14-3)8(11)12;/h3-7,9-10H,1-2H3,(H,11,12);/q;+1/p-1/t3-,4?,5+,6-,7?;/m0./s1. The molecule has 1 heterocycles. The third-order valence-electron chi connectivity index (χ3n) is 2.33. The largest absolute Gasteiger partial charge is 1.00 e. The Kier molecular flexibility index (Phi) is 6.27. The number of carbonyl (C=O) groups excluding carboxylic acids is 1. The number of ether oxygens (including phenoxy) is 2. The SMILES string of the molecule is CO[C@@H]1C(C(=O)[O-])O[C@@H](C)C(O)[C@H]1O.[Na+]. The molecule has 15 heavy (non-hydrogen) atoms. The van der Waals surface area contributed by atoms with Gasteiger partial charge >= 0.3 is 29.6 Å². The van der Waals surface area contributed by atoms with Crippen LogP contribution in [0.25, 0.3) is 0 Å². The normalized spacial score (nSPS) is 40.7. The van der Waals surface area contributed by atoms with Gasteiger partial charge in [0.2, 0.25) is 0 Å². The second-order valence-corrected chi connectivity index (χ2v) is 3.26. The molecule has 82 valence electrons. The van der Waals surface area contributed by atoms with Gasteiger partial charge in [0.1, 0.15) is 24.4 Å². The summed E-state index contributed by atoms with van der Waals surface area (Å²) in [5.41, 5.74) is 0. The minimum Gasteiger partial charge on any atom is -0.547 e. The van der Waals surface area contributed by atoms with E-state index in [0.717, 1.165) is 0 Å². The van der Waals surface area contributed by atoms with E-state index in [-0.39, 0.29) is 29.6 Å². The van der Waals surface area contributed by atoms with E-state index in [9.17, 15) is 20.1 Å². The van der Waals surface area contributed by atoms with E-state index < -0.39 is 36.5 Å². The summed E-state index contributed by atoms with van der Waals surface area (Å²) >= 11 is 0. The number of aliphatic hydroxyl groups excluding tert-OH is 2. The van der Waals surface area contributed by atoms with E-state index in [2.05, 4.69) is 0 Å². The van der Waals surface area contributed by atoms with Gasteiger partial charge in [0.25, 0.3) is 0 Å². The van der Waals surface area contributed by atoms with Crippen LogP contribution in [0.15, 0.2) is 0 Å². The molecule has 0 aromatic rings. The molecule has 0 radical (unpaired) electrons. The van der Waals surface area contributed by atoms with Crippen LogP contribution in [-0.4, -0.2) is 53.8 Å². The number of aliphatic carboxylic acids is 1. The molecule has 5 atom stereocenters. The van der Waals surface area contributed by atoms with Gasteiger partial charge in [-0.25, -0.2) is 0 Å². The summed E-state index contributed by atoms with van der Waals surface area (Å²) in [5, 5.41) is 29.5. The van der Waals surface area contributed by atoms with Crippen LogP contribution < -0.4 is 34.7 Å². The first-order valence-corrected chi connectivity index (χ1v) is 4.24. The summed E-state index contributed by atoms with van der Waals surface area (Å²) in [6.07, 6.45) is -5.67. The van der Waals surface area contributed by atoms with Crippen LogP contribution in [0.4, 0.5) is 0 Å². The van der Waals surface area contributed by atoms with Crippen LogP contribution >= 0.6 is 0 Å². The summed E-state index contributed by atoms with van der Waals surface area (Å²) in [7, 11) is 1.23. The Bertz CT molecular complexity index is 223. The van der Waals surface area contributed by atoms with Crippen molar-refractivity contribution in [3.05, 3.63) is 0 Å². The topological polar surface area (TPSA) is 99.1 Å². The molecule has 1 fully saturated rings. The molecule has 1 saturated heterocycles. The van der Waals surface area contributed by atoms with E-state index >= 15 is 0 Å². The van der Waals surface area contributed by atoms with Crippen molar-refractivity contribution in [1.82, 2.24) is 0 Å². The molecule has 7 heteroatoms. The zero-order chi connectivity index (χ0) is 10.9. The number of methoxy groups -OCH3 is 1. The van der Waals surface area contributed by atoms with E-state index in [1.807, 2.05) is 0 Å². The minimum absolute atomic E-state index is 0. The number of hydrogen-bond acceptors (Lipinski definition) is 6. The predicted octanol–water partition coefficient (Wildman–Crippen LogP) is -5.74. The number of hydrogen-bond donors (Lipinski definition) is 2. The van der Waals surface area contributed by atoms with Gasteiger partial charge in [-0.1, -0.05) is 0 Å². The summed E-state index contributed by atoms with van der Waals surface area (Å²) in [6.45, 7) is 1.47. The quantitative estimate of drug-likeness (QED) is 0.457. The fourth-order valence-corrected chi connectivity index (χ4v) is 1.49. The Balaban J connectivity index is 0.00000196. The van der Waals surface area contributed by atoms with Gasteiger partial charge in [-0.05, 0) is 6.92 Å². The molecule has 0 saturated carbocycles. The van der Waals surface area contributed by atoms with Crippen molar-refractivity contribution >= 4 is 5.97 Å². The van der Waals surface area contributed by atoms with Crippen molar-refractivity contribution in [2.24, 2.45) is 0 Å². The number of rotatable bonds is 2. The van der Waals surface area contributed by atoms with Gasteiger partial charge in [0.05, 0.1) is 12.1 Å². The molecule has 0 aromatic heterocycles. The van der Waals surface area contributed by atoms with Gasteiger partial charge in [0, 0.05) is 7.11 Å².